The third-order valence-electron chi connectivity index (χ3n) is 3.48. The van der Waals surface area contributed by atoms with E-state index < -0.39 is 5.91 Å². The van der Waals surface area contributed by atoms with Gasteiger partial charge in [-0.05, 0) is 42.1 Å². The summed E-state index contributed by atoms with van der Waals surface area (Å²) in [7, 11) is 0. The number of anilines is 2. The number of halogens is 1. The van der Waals surface area contributed by atoms with Crippen LogP contribution in [0.5, 0.6) is 0 Å². The Morgan fingerprint density at radius 2 is 2.00 bits per heavy atom. The number of hydrogen-bond acceptors (Lipinski definition) is 6. The molecule has 25 heavy (non-hydrogen) atoms. The first-order valence-corrected chi connectivity index (χ1v) is 8.43. The summed E-state index contributed by atoms with van der Waals surface area (Å²) >= 11 is 6.74. The summed E-state index contributed by atoms with van der Waals surface area (Å²) in [5, 5.41) is 6.47. The summed E-state index contributed by atoms with van der Waals surface area (Å²) in [5.74, 6) is 0.0441. The molecule has 8 heteroatoms. The summed E-state index contributed by atoms with van der Waals surface area (Å²) in [6.07, 6.45) is 4.86. The van der Waals surface area contributed by atoms with Gasteiger partial charge < -0.3 is 9.73 Å². The van der Waals surface area contributed by atoms with Crippen molar-refractivity contribution in [3.63, 3.8) is 0 Å². The summed E-state index contributed by atoms with van der Waals surface area (Å²) in [4.78, 5) is 27.4. The average molecular weight is 372 g/mol. The summed E-state index contributed by atoms with van der Waals surface area (Å²) < 4.78 is 5.83. The predicted molar refractivity (Wildman–Crippen MR) is 97.9 cm³/mol. The van der Waals surface area contributed by atoms with Crippen molar-refractivity contribution in [3.8, 4) is 0 Å². The molecule has 2 aromatic heterocycles. The van der Waals surface area contributed by atoms with Crippen LogP contribution >= 0.6 is 23.4 Å². The minimum Gasteiger partial charge on any atom is -0.454 e. The van der Waals surface area contributed by atoms with Gasteiger partial charge in [-0.15, -0.1) is 0 Å². The zero-order valence-electron chi connectivity index (χ0n) is 12.6. The van der Waals surface area contributed by atoms with Crippen LogP contribution < -0.4 is 10.6 Å². The first-order chi connectivity index (χ1) is 12.1. The largest absolute Gasteiger partial charge is 0.454 e. The lowest BCUT2D eigenvalue weighted by molar-refractivity contribution is -0.115. The molecular formula is C17H10ClN3O3S. The van der Waals surface area contributed by atoms with E-state index in [1.807, 2.05) is 12.1 Å². The van der Waals surface area contributed by atoms with E-state index >= 15 is 0 Å². The maximum absolute atomic E-state index is 11.6. The maximum atomic E-state index is 11.6. The topological polar surface area (TPSA) is 84.2 Å². The molecule has 1 aliphatic heterocycles. The number of furan rings is 1. The Kier molecular flexibility index (Phi) is 3.95. The van der Waals surface area contributed by atoms with Crippen molar-refractivity contribution >= 4 is 62.9 Å². The van der Waals surface area contributed by atoms with E-state index in [4.69, 9.17) is 16.0 Å². The van der Waals surface area contributed by atoms with Crippen molar-refractivity contribution < 1.29 is 14.0 Å². The van der Waals surface area contributed by atoms with Gasteiger partial charge in [-0.2, -0.15) is 0 Å². The van der Waals surface area contributed by atoms with Gasteiger partial charge in [0.05, 0.1) is 11.1 Å². The van der Waals surface area contributed by atoms with Crippen LogP contribution in [-0.4, -0.2) is 16.1 Å². The number of imide groups is 1. The minimum atomic E-state index is -0.423. The number of aromatic nitrogens is 1. The SMILES string of the molecule is O=C1NC(=O)C(=Cc2cc3cncc(Nc4ccc(Cl)cc4)c3o2)S1. The summed E-state index contributed by atoms with van der Waals surface area (Å²) in [6.45, 7) is 0. The Bertz CT molecular complexity index is 1030. The lowest BCUT2D eigenvalue weighted by atomic mass is 10.2. The fourth-order valence-electron chi connectivity index (χ4n) is 2.38. The van der Waals surface area contributed by atoms with E-state index in [2.05, 4.69) is 15.6 Å². The van der Waals surface area contributed by atoms with Crippen molar-refractivity contribution in [1.82, 2.24) is 10.3 Å². The fourth-order valence-corrected chi connectivity index (χ4v) is 3.17. The Morgan fingerprint density at radius 3 is 2.72 bits per heavy atom. The average Bonchev–Trinajstić information content (AvgIpc) is 3.13. The molecule has 3 aromatic rings. The van der Waals surface area contributed by atoms with E-state index in [0.29, 0.717) is 27.0 Å². The molecule has 2 N–H and O–H groups in total. The third kappa shape index (κ3) is 3.24. The van der Waals surface area contributed by atoms with E-state index in [1.165, 1.54) is 6.08 Å². The predicted octanol–water partition coefficient (Wildman–Crippen LogP) is 4.55. The monoisotopic (exact) mass is 371 g/mol. The Hall–Kier alpha value is -2.77. The number of amides is 2. The highest BCUT2D eigenvalue weighted by Gasteiger charge is 2.25. The van der Waals surface area contributed by atoms with Crippen LogP contribution in [0.3, 0.4) is 0 Å². The van der Waals surface area contributed by atoms with E-state index in [9.17, 15) is 9.59 Å². The molecule has 2 amide bonds. The highest BCUT2D eigenvalue weighted by atomic mass is 35.5. The Labute approximate surface area is 151 Å². The normalized spacial score (nSPS) is 15.8. The molecule has 0 atom stereocenters. The van der Waals surface area contributed by atoms with E-state index in [1.54, 1.807) is 30.6 Å². The lowest BCUT2D eigenvalue weighted by Gasteiger charge is -2.06. The highest BCUT2D eigenvalue weighted by molar-refractivity contribution is 8.18. The van der Waals surface area contributed by atoms with Crippen molar-refractivity contribution in [2.75, 3.05) is 5.32 Å². The third-order valence-corrected chi connectivity index (χ3v) is 4.54. The van der Waals surface area contributed by atoms with Gasteiger partial charge in [-0.1, -0.05) is 11.6 Å². The van der Waals surface area contributed by atoms with Crippen LogP contribution in [0.15, 0.2) is 52.0 Å². The number of hydrogen-bond donors (Lipinski definition) is 2. The molecule has 0 bridgehead atoms. The van der Waals surface area contributed by atoms with Crippen LogP contribution in [0.4, 0.5) is 16.2 Å². The van der Waals surface area contributed by atoms with Crippen LogP contribution in [-0.2, 0) is 4.79 Å². The number of pyridine rings is 1. The molecule has 3 heterocycles. The van der Waals surface area contributed by atoms with Crippen molar-refractivity contribution in [1.29, 1.82) is 0 Å². The van der Waals surface area contributed by atoms with Gasteiger partial charge in [0.2, 0.25) is 0 Å². The van der Waals surface area contributed by atoms with Gasteiger partial charge in [0, 0.05) is 28.4 Å². The van der Waals surface area contributed by atoms with Crippen LogP contribution in [0, 0.1) is 0 Å². The molecule has 1 fully saturated rings. The molecular weight excluding hydrogens is 362 g/mol. The molecule has 124 valence electrons. The van der Waals surface area contributed by atoms with Gasteiger partial charge in [-0.3, -0.25) is 19.9 Å². The van der Waals surface area contributed by atoms with Gasteiger partial charge in [0.1, 0.15) is 11.4 Å². The van der Waals surface area contributed by atoms with Crippen LogP contribution in [0.25, 0.3) is 17.0 Å². The second kappa shape index (κ2) is 6.27. The number of thioether (sulfide) groups is 1. The molecule has 0 saturated carbocycles. The lowest BCUT2D eigenvalue weighted by Crippen LogP contribution is -2.17. The molecule has 1 aromatic carbocycles. The number of fused-ring (bicyclic) bond motifs is 1. The number of carbonyl (C=O) groups excluding carboxylic acids is 2. The number of nitrogens with one attached hydrogen (secondary N) is 2. The number of benzene rings is 1. The van der Waals surface area contributed by atoms with Crippen molar-refractivity contribution in [2.24, 2.45) is 0 Å². The van der Waals surface area contributed by atoms with E-state index in [-0.39, 0.29) is 5.24 Å². The Balaban J connectivity index is 1.69. The molecule has 0 spiro atoms. The van der Waals surface area contributed by atoms with Gasteiger partial charge in [0.25, 0.3) is 11.1 Å². The fraction of sp³-hybridized carbons (Fsp3) is 0. The maximum Gasteiger partial charge on any atom is 0.290 e. The van der Waals surface area contributed by atoms with Crippen LogP contribution in [0.2, 0.25) is 5.02 Å². The number of nitrogens with zero attached hydrogens (tertiary/aromatic N) is 1. The number of carbonyl (C=O) groups is 2. The molecule has 0 radical (unpaired) electrons. The molecule has 0 unspecified atom stereocenters. The second-order valence-electron chi connectivity index (χ2n) is 5.24. The first-order valence-electron chi connectivity index (χ1n) is 7.23. The zero-order chi connectivity index (χ0) is 17.4. The minimum absolute atomic E-state index is 0.296. The summed E-state index contributed by atoms with van der Waals surface area (Å²) in [5.41, 5.74) is 2.13. The molecule has 1 saturated heterocycles. The van der Waals surface area contributed by atoms with Crippen molar-refractivity contribution in [2.45, 2.75) is 0 Å². The van der Waals surface area contributed by atoms with Gasteiger partial charge >= 0.3 is 0 Å². The standard InChI is InChI=1S/C17H10ClN3O3S/c18-10-1-3-11(4-2-10)20-13-8-19-7-9-5-12(24-15(9)13)6-14-16(22)21-17(23)25-14/h1-8,20H,(H,21,22,23). The van der Waals surface area contributed by atoms with Gasteiger partial charge in [0.15, 0.2) is 5.58 Å². The van der Waals surface area contributed by atoms with Crippen molar-refractivity contribution in [3.05, 3.63) is 58.4 Å². The molecule has 0 aliphatic carbocycles. The smallest absolute Gasteiger partial charge is 0.290 e. The molecule has 4 rings (SSSR count). The van der Waals surface area contributed by atoms with Gasteiger partial charge in [-0.25, -0.2) is 0 Å². The number of rotatable bonds is 3. The second-order valence-corrected chi connectivity index (χ2v) is 6.69. The quantitative estimate of drug-likeness (QED) is 0.657. The highest BCUT2D eigenvalue weighted by Crippen LogP contribution is 2.31. The summed E-state index contributed by atoms with van der Waals surface area (Å²) in [6, 6.07) is 9.01. The molecule has 6 nitrogen and oxygen atoms in total. The van der Waals surface area contributed by atoms with Crippen LogP contribution in [0.1, 0.15) is 5.76 Å². The Morgan fingerprint density at radius 1 is 1.20 bits per heavy atom. The van der Waals surface area contributed by atoms with E-state index in [0.717, 1.165) is 22.8 Å². The zero-order valence-corrected chi connectivity index (χ0v) is 14.1. The molecule has 1 aliphatic rings. The first kappa shape index (κ1) is 15.7.